The van der Waals surface area contributed by atoms with Gasteiger partial charge in [0.15, 0.2) is 6.20 Å². The maximum absolute atomic E-state index is 9.07. The fourth-order valence-electron chi connectivity index (χ4n) is 4.95. The molecule has 2 atom stereocenters. The number of hydrogen-bond donors (Lipinski definition) is 0. The van der Waals surface area contributed by atoms with Crippen molar-refractivity contribution in [3.05, 3.63) is 78.0 Å². The fourth-order valence-corrected chi connectivity index (χ4v) is 4.95. The fraction of sp³-hybridized carbons (Fsp3) is 0.320. The molecular formula is C25H26N+. The monoisotopic (exact) mass is 341 g/mol. The maximum atomic E-state index is 9.07. The predicted octanol–water partition coefficient (Wildman–Crippen LogP) is 5.67. The highest BCUT2D eigenvalue weighted by atomic mass is 14.9. The quantitative estimate of drug-likeness (QED) is 0.541. The van der Waals surface area contributed by atoms with Crippen LogP contribution in [0, 0.1) is 18.8 Å². The van der Waals surface area contributed by atoms with Crippen molar-refractivity contribution < 1.29 is 5.94 Å². The zero-order valence-electron chi connectivity index (χ0n) is 16.6. The minimum Gasteiger partial charge on any atom is -0.201 e. The number of benzene rings is 2. The lowest BCUT2D eigenvalue weighted by molar-refractivity contribution is -0.660. The van der Waals surface area contributed by atoms with Gasteiger partial charge in [0, 0.05) is 19.1 Å². The van der Waals surface area contributed by atoms with Crippen LogP contribution < -0.4 is 4.57 Å². The van der Waals surface area contributed by atoms with Gasteiger partial charge >= 0.3 is 0 Å². The molecule has 3 saturated carbocycles. The Morgan fingerprint density at radius 2 is 1.69 bits per heavy atom. The molecule has 3 aromatic rings. The normalized spacial score (nSPS) is 27.1. The van der Waals surface area contributed by atoms with Crippen molar-refractivity contribution in [2.24, 2.45) is 18.9 Å². The van der Waals surface area contributed by atoms with Gasteiger partial charge in [-0.25, -0.2) is 4.57 Å². The van der Waals surface area contributed by atoms with Crippen LogP contribution in [0.25, 0.3) is 22.4 Å². The first kappa shape index (κ1) is 14.7. The molecular weight excluding hydrogens is 314 g/mol. The van der Waals surface area contributed by atoms with Crippen LogP contribution in [0.5, 0.6) is 0 Å². The first-order valence-corrected chi connectivity index (χ1v) is 9.74. The van der Waals surface area contributed by atoms with Crippen LogP contribution in [0.4, 0.5) is 0 Å². The van der Waals surface area contributed by atoms with Gasteiger partial charge in [-0.1, -0.05) is 42.5 Å². The lowest BCUT2D eigenvalue weighted by Gasteiger charge is -2.36. The van der Waals surface area contributed by atoms with Gasteiger partial charge in [-0.2, -0.15) is 0 Å². The highest BCUT2D eigenvalue weighted by Crippen LogP contribution is 2.58. The number of fused-ring (bicyclic) bond motifs is 1. The minimum atomic E-state index is -0.339. The molecule has 0 amide bonds. The summed E-state index contributed by atoms with van der Waals surface area (Å²) < 4.78 is 11.3. The van der Waals surface area contributed by atoms with E-state index < -0.39 is 0 Å². The van der Waals surface area contributed by atoms with Crippen LogP contribution in [0.15, 0.2) is 66.9 Å². The lowest BCUT2D eigenvalue weighted by atomic mass is 9.68. The van der Waals surface area contributed by atoms with Crippen LogP contribution in [0.2, 0.25) is 0 Å². The summed E-state index contributed by atoms with van der Waals surface area (Å²) in [5.41, 5.74) is 7.44. The molecule has 1 aromatic heterocycles. The van der Waals surface area contributed by atoms with Gasteiger partial charge in [0.05, 0.1) is 0 Å². The third-order valence-electron chi connectivity index (χ3n) is 6.41. The van der Waals surface area contributed by atoms with E-state index in [4.69, 9.17) is 1.37 Å². The molecule has 2 aromatic carbocycles. The molecule has 1 nitrogen and oxygen atoms in total. The SMILES string of the molecule is [2H]C1(c2cccc(-c3cc[n+](C)c(-c4ccccc4C)c3)c2)C2CCC1C2. The Morgan fingerprint density at radius 1 is 0.923 bits per heavy atom. The zero-order valence-corrected chi connectivity index (χ0v) is 15.6. The van der Waals surface area contributed by atoms with Crippen molar-refractivity contribution in [1.29, 1.82) is 0 Å². The summed E-state index contributed by atoms with van der Waals surface area (Å²) in [6, 6.07) is 21.8. The minimum absolute atomic E-state index is 0.339. The molecule has 0 radical (unpaired) electrons. The second kappa shape index (κ2) is 6.09. The van der Waals surface area contributed by atoms with Gasteiger partial charge in [-0.15, -0.1) is 0 Å². The molecule has 2 bridgehead atoms. The number of nitrogens with zero attached hydrogens (tertiary/aromatic N) is 1. The van der Waals surface area contributed by atoms with Crippen LogP contribution >= 0.6 is 0 Å². The van der Waals surface area contributed by atoms with E-state index >= 15 is 0 Å². The average molecular weight is 341 g/mol. The van der Waals surface area contributed by atoms with Crippen LogP contribution in [0.1, 0.15) is 37.7 Å². The molecule has 1 heteroatoms. The van der Waals surface area contributed by atoms with Crippen molar-refractivity contribution >= 4 is 0 Å². The Balaban J connectivity index is 1.57. The van der Waals surface area contributed by atoms with Crippen molar-refractivity contribution in [1.82, 2.24) is 0 Å². The van der Waals surface area contributed by atoms with Crippen molar-refractivity contribution in [3.63, 3.8) is 0 Å². The number of aryl methyl sites for hydroxylation is 2. The summed E-state index contributed by atoms with van der Waals surface area (Å²) in [7, 11) is 2.10. The van der Waals surface area contributed by atoms with E-state index in [-0.39, 0.29) is 5.89 Å². The van der Waals surface area contributed by atoms with E-state index in [1.54, 1.807) is 0 Å². The highest BCUT2D eigenvalue weighted by molar-refractivity contribution is 5.70. The molecule has 1 heterocycles. The van der Waals surface area contributed by atoms with E-state index in [2.05, 4.69) is 85.4 Å². The average Bonchev–Trinajstić information content (AvgIpc) is 3.32. The van der Waals surface area contributed by atoms with Gasteiger partial charge in [0.1, 0.15) is 7.05 Å². The maximum Gasteiger partial charge on any atom is 0.213 e. The summed E-state index contributed by atoms with van der Waals surface area (Å²) in [6.45, 7) is 2.17. The first-order valence-electron chi connectivity index (χ1n) is 10.2. The Bertz CT molecular complexity index is 1010. The molecule has 0 aliphatic heterocycles. The van der Waals surface area contributed by atoms with Gasteiger partial charge in [-0.3, -0.25) is 0 Å². The summed E-state index contributed by atoms with van der Waals surface area (Å²) in [5.74, 6) is 0.789. The second-order valence-corrected chi connectivity index (χ2v) is 7.97. The molecule has 130 valence electrons. The summed E-state index contributed by atoms with van der Waals surface area (Å²) >= 11 is 0. The van der Waals surface area contributed by atoms with Gasteiger partial charge in [0.2, 0.25) is 5.69 Å². The number of pyridine rings is 1. The summed E-state index contributed by atoms with van der Waals surface area (Å²) in [6.07, 6.45) is 5.87. The Morgan fingerprint density at radius 3 is 2.46 bits per heavy atom. The Kier molecular flexibility index (Phi) is 3.45. The van der Waals surface area contributed by atoms with E-state index in [0.717, 1.165) is 0 Å². The molecule has 0 N–H and O–H groups in total. The van der Waals surface area contributed by atoms with E-state index in [1.165, 1.54) is 52.8 Å². The molecule has 3 fully saturated rings. The number of hydrogen-bond acceptors (Lipinski definition) is 0. The summed E-state index contributed by atoms with van der Waals surface area (Å²) in [4.78, 5) is 0. The Hall–Kier alpha value is -2.41. The Labute approximate surface area is 157 Å². The van der Waals surface area contributed by atoms with Crippen molar-refractivity contribution in [2.75, 3.05) is 0 Å². The standard InChI is InChI=1S/C25H26N/c1-17-6-3-4-9-23(17)24-16-19(12-13-26(24)2)18-7-5-8-20(14-18)25-21-10-11-22(25)15-21/h3-9,12-14,16,21-22,25H,10-11,15H2,1-2H3/q+1/i25D. The van der Waals surface area contributed by atoms with Crippen LogP contribution in [0.3, 0.4) is 0 Å². The molecule has 26 heavy (non-hydrogen) atoms. The lowest BCUT2D eigenvalue weighted by Crippen LogP contribution is -2.30. The molecule has 3 aliphatic carbocycles. The molecule has 6 rings (SSSR count). The predicted molar refractivity (Wildman–Crippen MR) is 107 cm³/mol. The number of aromatic nitrogens is 1. The molecule has 3 aliphatic rings. The third kappa shape index (κ3) is 2.49. The van der Waals surface area contributed by atoms with Gasteiger partial charge < -0.3 is 0 Å². The highest BCUT2D eigenvalue weighted by Gasteiger charge is 2.47. The largest absolute Gasteiger partial charge is 0.213 e. The smallest absolute Gasteiger partial charge is 0.201 e. The van der Waals surface area contributed by atoms with Crippen LogP contribution in [-0.2, 0) is 7.05 Å². The topological polar surface area (TPSA) is 3.88 Å². The van der Waals surface area contributed by atoms with Gasteiger partial charge in [0.25, 0.3) is 0 Å². The zero-order chi connectivity index (χ0) is 18.6. The molecule has 0 spiro atoms. The second-order valence-electron chi connectivity index (χ2n) is 7.97. The van der Waals surface area contributed by atoms with E-state index in [9.17, 15) is 0 Å². The van der Waals surface area contributed by atoms with E-state index in [1.807, 2.05) is 0 Å². The molecule has 0 saturated heterocycles. The number of rotatable bonds is 3. The van der Waals surface area contributed by atoms with Crippen molar-refractivity contribution in [2.45, 2.75) is 32.1 Å². The van der Waals surface area contributed by atoms with Crippen LogP contribution in [-0.4, -0.2) is 0 Å². The molecule has 2 unspecified atom stereocenters. The van der Waals surface area contributed by atoms with E-state index in [0.29, 0.717) is 11.8 Å². The van der Waals surface area contributed by atoms with Crippen molar-refractivity contribution in [3.8, 4) is 22.4 Å². The summed E-state index contributed by atoms with van der Waals surface area (Å²) in [5, 5.41) is 0. The third-order valence-corrected chi connectivity index (χ3v) is 6.41. The first-order chi connectivity index (χ1) is 13.1. The van der Waals surface area contributed by atoms with Gasteiger partial charge in [-0.05, 0) is 72.2 Å².